The van der Waals surface area contributed by atoms with Crippen LogP contribution in [0.3, 0.4) is 0 Å². The first-order chi connectivity index (χ1) is 7.67. The topological polar surface area (TPSA) is 34.4 Å². The molecule has 3 nitrogen and oxygen atoms in total. The van der Waals surface area contributed by atoms with Crippen molar-refractivity contribution in [1.82, 2.24) is 4.57 Å². The Hall–Kier alpha value is -1.48. The maximum Gasteiger partial charge on any atom is 0.120 e. The van der Waals surface area contributed by atoms with Crippen molar-refractivity contribution in [3.05, 3.63) is 30.0 Å². The van der Waals surface area contributed by atoms with Crippen molar-refractivity contribution < 1.29 is 9.84 Å². The highest BCUT2D eigenvalue weighted by molar-refractivity contribution is 5.83. The first-order valence-electron chi connectivity index (χ1n) is 5.52. The molecular formula is C13H17NO2. The van der Waals surface area contributed by atoms with Crippen LogP contribution in [-0.2, 0) is 6.54 Å². The molecule has 0 fully saturated rings. The van der Waals surface area contributed by atoms with Gasteiger partial charge in [0.15, 0.2) is 0 Å². The van der Waals surface area contributed by atoms with Crippen LogP contribution in [0.25, 0.3) is 10.9 Å². The number of hydrogen-bond acceptors (Lipinski definition) is 2. The van der Waals surface area contributed by atoms with E-state index in [1.165, 1.54) is 0 Å². The van der Waals surface area contributed by atoms with E-state index < -0.39 is 6.10 Å². The maximum absolute atomic E-state index is 9.71. The van der Waals surface area contributed by atoms with Gasteiger partial charge in [-0.25, -0.2) is 0 Å². The first kappa shape index (κ1) is 11.0. The summed E-state index contributed by atoms with van der Waals surface area (Å²) in [5.41, 5.74) is 2.06. The van der Waals surface area contributed by atoms with E-state index in [2.05, 4.69) is 11.5 Å². The lowest BCUT2D eigenvalue weighted by Gasteiger charge is -2.10. The summed E-state index contributed by atoms with van der Waals surface area (Å²) >= 11 is 0. The molecule has 16 heavy (non-hydrogen) atoms. The van der Waals surface area contributed by atoms with Crippen molar-refractivity contribution in [1.29, 1.82) is 0 Å². The molecule has 0 saturated carbocycles. The Bertz CT molecular complexity index is 500. The summed E-state index contributed by atoms with van der Waals surface area (Å²) < 4.78 is 7.33. The summed E-state index contributed by atoms with van der Waals surface area (Å²) in [5.74, 6) is 0.845. The molecule has 1 aromatic carbocycles. The van der Waals surface area contributed by atoms with Crippen molar-refractivity contribution in [3.63, 3.8) is 0 Å². The number of benzene rings is 1. The van der Waals surface area contributed by atoms with Crippen LogP contribution >= 0.6 is 0 Å². The third-order valence-corrected chi connectivity index (χ3v) is 2.89. The van der Waals surface area contributed by atoms with Gasteiger partial charge < -0.3 is 14.4 Å². The average Bonchev–Trinajstić information content (AvgIpc) is 2.66. The van der Waals surface area contributed by atoms with Gasteiger partial charge >= 0.3 is 0 Å². The Labute approximate surface area is 95.3 Å². The Morgan fingerprint density at radius 1 is 1.38 bits per heavy atom. The highest BCUT2D eigenvalue weighted by Gasteiger charge is 2.11. The van der Waals surface area contributed by atoms with Crippen LogP contribution in [-0.4, -0.2) is 16.8 Å². The van der Waals surface area contributed by atoms with Crippen LogP contribution in [0.4, 0.5) is 0 Å². The van der Waals surface area contributed by atoms with Crippen LogP contribution in [0.5, 0.6) is 5.75 Å². The number of ether oxygens (including phenoxy) is 1. The fourth-order valence-electron chi connectivity index (χ4n) is 2.08. The molecule has 0 aliphatic rings. The van der Waals surface area contributed by atoms with E-state index in [0.29, 0.717) is 0 Å². The summed E-state index contributed by atoms with van der Waals surface area (Å²) in [5, 5.41) is 10.8. The van der Waals surface area contributed by atoms with Crippen molar-refractivity contribution in [3.8, 4) is 5.75 Å². The van der Waals surface area contributed by atoms with Crippen LogP contribution in [0.15, 0.2) is 24.3 Å². The zero-order valence-corrected chi connectivity index (χ0v) is 9.90. The van der Waals surface area contributed by atoms with Gasteiger partial charge in [0.05, 0.1) is 18.7 Å². The molecule has 0 radical (unpaired) electrons. The van der Waals surface area contributed by atoms with Crippen molar-refractivity contribution in [2.24, 2.45) is 0 Å². The molecule has 3 heteroatoms. The molecule has 0 amide bonds. The molecule has 1 aromatic heterocycles. The zero-order chi connectivity index (χ0) is 11.7. The van der Waals surface area contributed by atoms with E-state index in [1.54, 1.807) is 14.0 Å². The summed E-state index contributed by atoms with van der Waals surface area (Å²) in [6.07, 6.45) is -0.446. The van der Waals surface area contributed by atoms with Gasteiger partial charge in [-0.2, -0.15) is 0 Å². The highest BCUT2D eigenvalue weighted by atomic mass is 16.5. The van der Waals surface area contributed by atoms with E-state index in [1.807, 2.05) is 24.3 Å². The lowest BCUT2D eigenvalue weighted by atomic mass is 10.2. The van der Waals surface area contributed by atoms with Gasteiger partial charge in [-0.1, -0.05) is 0 Å². The molecule has 1 heterocycles. The average molecular weight is 219 g/mol. The molecule has 0 bridgehead atoms. The molecule has 0 aliphatic carbocycles. The van der Waals surface area contributed by atoms with Crippen molar-refractivity contribution in [2.45, 2.75) is 26.5 Å². The number of rotatable bonds is 3. The molecule has 2 aromatic rings. The van der Waals surface area contributed by atoms with E-state index >= 15 is 0 Å². The van der Waals surface area contributed by atoms with Gasteiger partial charge in [0.25, 0.3) is 0 Å². The second-order valence-electron chi connectivity index (χ2n) is 3.91. The molecule has 1 atom stereocenters. The number of hydrogen-bond donors (Lipinski definition) is 1. The number of aliphatic hydroxyl groups excluding tert-OH is 1. The van der Waals surface area contributed by atoms with Gasteiger partial charge in [-0.3, -0.25) is 0 Å². The molecule has 86 valence electrons. The fourth-order valence-corrected chi connectivity index (χ4v) is 2.08. The third-order valence-electron chi connectivity index (χ3n) is 2.89. The smallest absolute Gasteiger partial charge is 0.120 e. The Kier molecular flexibility index (Phi) is 2.88. The number of nitrogens with zero attached hydrogens (tertiary/aromatic N) is 1. The standard InChI is InChI=1S/C13H17NO2/c1-4-14-12(9(2)15)7-10-5-6-11(16-3)8-13(10)14/h5-9,15H,4H2,1-3H3. The largest absolute Gasteiger partial charge is 0.497 e. The minimum Gasteiger partial charge on any atom is -0.497 e. The third kappa shape index (κ3) is 1.67. The second-order valence-corrected chi connectivity index (χ2v) is 3.91. The predicted molar refractivity (Wildman–Crippen MR) is 64.8 cm³/mol. The second kappa shape index (κ2) is 4.18. The predicted octanol–water partition coefficient (Wildman–Crippen LogP) is 2.72. The monoisotopic (exact) mass is 219 g/mol. The number of aryl methyl sites for hydroxylation is 1. The van der Waals surface area contributed by atoms with Crippen LogP contribution in [0.2, 0.25) is 0 Å². The summed E-state index contributed by atoms with van der Waals surface area (Å²) in [6.45, 7) is 4.71. The minimum atomic E-state index is -0.446. The summed E-state index contributed by atoms with van der Waals surface area (Å²) in [7, 11) is 1.66. The van der Waals surface area contributed by atoms with Gasteiger partial charge in [0.2, 0.25) is 0 Å². The van der Waals surface area contributed by atoms with Crippen molar-refractivity contribution in [2.75, 3.05) is 7.11 Å². The number of aliphatic hydroxyl groups is 1. The zero-order valence-electron chi connectivity index (χ0n) is 9.90. The molecule has 0 saturated heterocycles. The molecule has 1 unspecified atom stereocenters. The van der Waals surface area contributed by atoms with Crippen LogP contribution in [0, 0.1) is 0 Å². The molecule has 0 aliphatic heterocycles. The number of methoxy groups -OCH3 is 1. The minimum absolute atomic E-state index is 0.446. The van der Waals surface area contributed by atoms with Crippen molar-refractivity contribution >= 4 is 10.9 Å². The molecule has 0 spiro atoms. The Morgan fingerprint density at radius 2 is 2.12 bits per heavy atom. The van der Waals surface area contributed by atoms with Gasteiger partial charge in [-0.15, -0.1) is 0 Å². The molecule has 2 rings (SSSR count). The molecular weight excluding hydrogens is 202 g/mol. The fraction of sp³-hybridized carbons (Fsp3) is 0.385. The summed E-state index contributed by atoms with van der Waals surface area (Å²) in [4.78, 5) is 0. The SMILES string of the molecule is CCn1c(C(C)O)cc2ccc(OC)cc21. The van der Waals surface area contributed by atoms with Gasteiger partial charge in [0, 0.05) is 23.7 Å². The van der Waals surface area contributed by atoms with Crippen LogP contribution < -0.4 is 4.74 Å². The van der Waals surface area contributed by atoms with Gasteiger partial charge in [0.1, 0.15) is 5.75 Å². The summed E-state index contributed by atoms with van der Waals surface area (Å²) in [6, 6.07) is 7.99. The Morgan fingerprint density at radius 3 is 2.69 bits per heavy atom. The van der Waals surface area contributed by atoms with Crippen LogP contribution in [0.1, 0.15) is 25.6 Å². The van der Waals surface area contributed by atoms with Gasteiger partial charge in [-0.05, 0) is 32.0 Å². The molecule has 1 N–H and O–H groups in total. The highest BCUT2D eigenvalue weighted by Crippen LogP contribution is 2.27. The number of fused-ring (bicyclic) bond motifs is 1. The van der Waals surface area contributed by atoms with E-state index in [4.69, 9.17) is 4.74 Å². The lowest BCUT2D eigenvalue weighted by molar-refractivity contribution is 0.190. The lowest BCUT2D eigenvalue weighted by Crippen LogP contribution is -2.03. The number of aromatic nitrogens is 1. The van der Waals surface area contributed by atoms with E-state index in [-0.39, 0.29) is 0 Å². The Balaban J connectivity index is 2.68. The van der Waals surface area contributed by atoms with E-state index in [0.717, 1.165) is 28.9 Å². The van der Waals surface area contributed by atoms with E-state index in [9.17, 15) is 5.11 Å². The quantitative estimate of drug-likeness (QED) is 0.861. The first-order valence-corrected chi connectivity index (χ1v) is 5.52. The maximum atomic E-state index is 9.71. The normalized spacial score (nSPS) is 13.0.